The quantitative estimate of drug-likeness (QED) is 0.246. The fourth-order valence-electron chi connectivity index (χ4n) is 11.0. The fraction of sp³-hybridized carbons (Fsp3) is 0.909. The molecule has 0 amide bonds. The molecule has 0 saturated heterocycles. The number of esters is 2. The lowest BCUT2D eigenvalue weighted by Gasteiger charge is -2.65. The van der Waals surface area contributed by atoms with Crippen LogP contribution in [0, 0.1) is 52.3 Å². The Labute approximate surface area is 246 Å². The molecule has 1 N–H and O–H groups in total. The number of rotatable bonds is 10. The topological polar surface area (TPSA) is 107 Å². The molecule has 0 aliphatic heterocycles. The lowest BCUT2D eigenvalue weighted by atomic mass is 9.41. The zero-order valence-electron chi connectivity index (χ0n) is 26.4. The lowest BCUT2D eigenvalue weighted by molar-refractivity contribution is -0.219. The molecule has 1 heterocycles. The summed E-state index contributed by atoms with van der Waals surface area (Å²) in [5.41, 5.74) is 0.516. The Morgan fingerprint density at radius 2 is 1.68 bits per heavy atom. The summed E-state index contributed by atoms with van der Waals surface area (Å²) in [5.74, 6) is 4.27. The highest BCUT2D eigenvalue weighted by Gasteiger charge is 2.66. The van der Waals surface area contributed by atoms with E-state index in [1.165, 1.54) is 51.9 Å². The number of aryl methyl sites for hydroxylation is 1. The predicted molar refractivity (Wildman–Crippen MR) is 156 cm³/mol. The van der Waals surface area contributed by atoms with Gasteiger partial charge in [0.25, 0.3) is 0 Å². The SMILES string of the molecule is CC[C@@H]1C2C[C@H](OC(C)=O)CCC2(C)[C@H]2CCC3(C)C([C@H](C)CCCCCc4nn[nH]n4)CC[C@H]3[C@@H]2[C@@H]1OC(C)=O. The van der Waals surface area contributed by atoms with Gasteiger partial charge in [-0.15, -0.1) is 10.2 Å². The Hall–Kier alpha value is -1.99. The monoisotopic (exact) mass is 570 g/mol. The molecule has 1 aromatic heterocycles. The van der Waals surface area contributed by atoms with Crippen LogP contribution in [0.5, 0.6) is 0 Å². The Morgan fingerprint density at radius 3 is 2.37 bits per heavy atom. The van der Waals surface area contributed by atoms with Gasteiger partial charge in [0.15, 0.2) is 5.82 Å². The minimum Gasteiger partial charge on any atom is -0.463 e. The van der Waals surface area contributed by atoms with Gasteiger partial charge in [0.2, 0.25) is 0 Å². The van der Waals surface area contributed by atoms with Crippen molar-refractivity contribution in [1.29, 1.82) is 0 Å². The van der Waals surface area contributed by atoms with Crippen molar-refractivity contribution in [3.63, 3.8) is 0 Å². The number of nitrogens with zero attached hydrogens (tertiary/aromatic N) is 3. The molecule has 4 saturated carbocycles. The van der Waals surface area contributed by atoms with E-state index in [1.807, 2.05) is 0 Å². The van der Waals surface area contributed by atoms with Gasteiger partial charge in [0, 0.05) is 26.2 Å². The van der Waals surface area contributed by atoms with E-state index in [1.54, 1.807) is 6.92 Å². The minimum absolute atomic E-state index is 0.00747. The van der Waals surface area contributed by atoms with Crippen LogP contribution in [-0.2, 0) is 25.5 Å². The number of carbonyl (C=O) groups excluding carboxylic acids is 2. The van der Waals surface area contributed by atoms with Crippen LogP contribution < -0.4 is 0 Å². The molecule has 11 atom stereocenters. The van der Waals surface area contributed by atoms with Crippen LogP contribution in [0.25, 0.3) is 0 Å². The van der Waals surface area contributed by atoms with Crippen molar-refractivity contribution in [2.45, 2.75) is 137 Å². The number of hydrogen-bond acceptors (Lipinski definition) is 7. The standard InChI is InChI=1S/C33H54N4O4/c1-7-24-28-19-23(40-21(3)38)15-17-33(28,6)27-16-18-32(5)25(13-14-26(32)30(27)31(24)41-22(4)39)20(2)11-9-8-10-12-29-34-36-37-35-29/h20,23-28,30-31H,7-19H2,1-6H3,(H,34,35,36,37)/t20-,23-,24-,25?,26+,27+,28?,30+,31-,32?,33?/m1/s1. The van der Waals surface area contributed by atoms with Gasteiger partial charge >= 0.3 is 11.9 Å². The van der Waals surface area contributed by atoms with Crippen molar-refractivity contribution in [2.24, 2.45) is 52.3 Å². The predicted octanol–water partition coefficient (Wildman–Crippen LogP) is 6.71. The second-order valence-electron chi connectivity index (χ2n) is 14.7. The summed E-state index contributed by atoms with van der Waals surface area (Å²) >= 11 is 0. The lowest BCUT2D eigenvalue weighted by Crippen LogP contribution is -2.63. The molecule has 5 rings (SSSR count). The first kappa shape index (κ1) is 30.5. The zero-order chi connectivity index (χ0) is 29.4. The van der Waals surface area contributed by atoms with Crippen molar-refractivity contribution in [2.75, 3.05) is 0 Å². The number of H-pyrrole nitrogens is 1. The van der Waals surface area contributed by atoms with E-state index in [0.717, 1.165) is 50.3 Å². The number of tetrazole rings is 1. The minimum atomic E-state index is -0.177. The van der Waals surface area contributed by atoms with E-state index in [-0.39, 0.29) is 29.6 Å². The molecule has 41 heavy (non-hydrogen) atoms. The summed E-state index contributed by atoms with van der Waals surface area (Å²) in [6.45, 7) is 13.0. The van der Waals surface area contributed by atoms with Crippen molar-refractivity contribution in [3.8, 4) is 0 Å². The molecular formula is C33H54N4O4. The average molecular weight is 571 g/mol. The average Bonchev–Trinajstić information content (AvgIpc) is 3.56. The van der Waals surface area contributed by atoms with Crippen LogP contribution in [0.2, 0.25) is 0 Å². The molecule has 0 aromatic carbocycles. The molecule has 8 nitrogen and oxygen atoms in total. The summed E-state index contributed by atoms with van der Waals surface area (Å²) in [6, 6.07) is 0. The molecule has 4 fully saturated rings. The number of hydrogen-bond donors (Lipinski definition) is 1. The Morgan fingerprint density at radius 1 is 0.951 bits per heavy atom. The third-order valence-electron chi connectivity index (χ3n) is 12.7. The fourth-order valence-corrected chi connectivity index (χ4v) is 11.0. The summed E-state index contributed by atoms with van der Waals surface area (Å²) in [4.78, 5) is 24.4. The van der Waals surface area contributed by atoms with Crippen LogP contribution in [0.4, 0.5) is 0 Å². The molecule has 0 spiro atoms. The van der Waals surface area contributed by atoms with Gasteiger partial charge < -0.3 is 9.47 Å². The van der Waals surface area contributed by atoms with E-state index in [9.17, 15) is 9.59 Å². The summed E-state index contributed by atoms with van der Waals surface area (Å²) in [7, 11) is 0. The number of nitrogens with one attached hydrogen (secondary N) is 1. The number of fused-ring (bicyclic) bond motifs is 5. The van der Waals surface area contributed by atoms with Crippen molar-refractivity contribution >= 4 is 11.9 Å². The van der Waals surface area contributed by atoms with Gasteiger partial charge in [-0.3, -0.25) is 9.59 Å². The van der Waals surface area contributed by atoms with Gasteiger partial charge in [-0.05, 0) is 104 Å². The van der Waals surface area contributed by atoms with E-state index in [2.05, 4.69) is 48.3 Å². The first-order chi connectivity index (χ1) is 19.6. The smallest absolute Gasteiger partial charge is 0.302 e. The molecule has 8 heteroatoms. The maximum atomic E-state index is 12.6. The maximum absolute atomic E-state index is 12.6. The molecule has 230 valence electrons. The van der Waals surface area contributed by atoms with E-state index in [4.69, 9.17) is 9.47 Å². The molecule has 0 radical (unpaired) electrons. The van der Waals surface area contributed by atoms with E-state index in [0.29, 0.717) is 40.9 Å². The van der Waals surface area contributed by atoms with Crippen molar-refractivity contribution in [1.82, 2.24) is 20.6 Å². The van der Waals surface area contributed by atoms with Crippen LogP contribution in [0.1, 0.15) is 124 Å². The van der Waals surface area contributed by atoms with Crippen LogP contribution in [0.15, 0.2) is 0 Å². The first-order valence-electron chi connectivity index (χ1n) is 16.6. The summed E-state index contributed by atoms with van der Waals surface area (Å²) in [5, 5.41) is 14.4. The maximum Gasteiger partial charge on any atom is 0.302 e. The number of aromatic nitrogens is 4. The van der Waals surface area contributed by atoms with Gasteiger partial charge in [-0.25, -0.2) is 0 Å². The van der Waals surface area contributed by atoms with Gasteiger partial charge in [-0.1, -0.05) is 52.2 Å². The molecule has 4 unspecified atom stereocenters. The zero-order valence-corrected chi connectivity index (χ0v) is 26.4. The molecular weight excluding hydrogens is 516 g/mol. The Balaban J connectivity index is 1.32. The van der Waals surface area contributed by atoms with Crippen LogP contribution in [0.3, 0.4) is 0 Å². The highest BCUT2D eigenvalue weighted by atomic mass is 16.5. The normalized spacial score (nSPS) is 40.6. The largest absolute Gasteiger partial charge is 0.463 e. The molecule has 1 aromatic rings. The number of carbonyl (C=O) groups is 2. The number of ether oxygens (including phenoxy) is 2. The van der Waals surface area contributed by atoms with Gasteiger partial charge in [0.05, 0.1) is 0 Å². The molecule has 0 bridgehead atoms. The highest BCUT2D eigenvalue weighted by molar-refractivity contribution is 5.66. The number of aromatic amines is 1. The second-order valence-corrected chi connectivity index (χ2v) is 14.7. The Kier molecular flexibility index (Phi) is 9.15. The summed E-state index contributed by atoms with van der Waals surface area (Å²) < 4.78 is 12.1. The second kappa shape index (κ2) is 12.3. The molecule has 4 aliphatic rings. The van der Waals surface area contributed by atoms with Gasteiger partial charge in [-0.2, -0.15) is 5.21 Å². The summed E-state index contributed by atoms with van der Waals surface area (Å²) in [6.07, 6.45) is 14.7. The van der Waals surface area contributed by atoms with Crippen LogP contribution >= 0.6 is 0 Å². The third kappa shape index (κ3) is 5.82. The van der Waals surface area contributed by atoms with Crippen molar-refractivity contribution < 1.29 is 19.1 Å². The van der Waals surface area contributed by atoms with E-state index >= 15 is 0 Å². The Bertz CT molecular complexity index is 1050. The molecule has 4 aliphatic carbocycles. The number of unbranched alkanes of at least 4 members (excludes halogenated alkanes) is 2. The van der Waals surface area contributed by atoms with Crippen LogP contribution in [-0.4, -0.2) is 44.8 Å². The van der Waals surface area contributed by atoms with Gasteiger partial charge in [0.1, 0.15) is 12.2 Å². The first-order valence-corrected chi connectivity index (χ1v) is 16.6. The van der Waals surface area contributed by atoms with E-state index < -0.39 is 0 Å². The third-order valence-corrected chi connectivity index (χ3v) is 12.7. The van der Waals surface area contributed by atoms with Crippen molar-refractivity contribution in [3.05, 3.63) is 5.82 Å². The highest BCUT2D eigenvalue weighted by Crippen LogP contribution is 2.70.